The number of carboxylic acid groups (broad SMARTS) is 1. The average Bonchev–Trinajstić information content (AvgIpc) is 2.14. The zero-order valence-corrected chi connectivity index (χ0v) is 8.88. The highest BCUT2D eigenvalue weighted by Crippen LogP contribution is 2.05. The van der Waals surface area contributed by atoms with Gasteiger partial charge in [-0.15, -0.1) is 0 Å². The average molecular weight is 198 g/mol. The Balaban J connectivity index is 4.05. The van der Waals surface area contributed by atoms with Crippen molar-refractivity contribution in [3.63, 3.8) is 0 Å². The van der Waals surface area contributed by atoms with E-state index in [1.165, 1.54) is 6.08 Å². The van der Waals surface area contributed by atoms with Gasteiger partial charge in [-0.3, -0.25) is 4.79 Å². The van der Waals surface area contributed by atoms with Crippen molar-refractivity contribution in [2.45, 2.75) is 46.0 Å². The molecule has 0 atom stereocenters. The van der Waals surface area contributed by atoms with Crippen LogP contribution in [0.3, 0.4) is 0 Å². The van der Waals surface area contributed by atoms with E-state index in [0.29, 0.717) is 12.8 Å². The van der Waals surface area contributed by atoms with Gasteiger partial charge in [0.1, 0.15) is 0 Å². The predicted octanol–water partition coefficient (Wildman–Crippen LogP) is 2.56. The van der Waals surface area contributed by atoms with Gasteiger partial charge in [0.2, 0.25) is 0 Å². The lowest BCUT2D eigenvalue weighted by atomic mass is 10.1. The van der Waals surface area contributed by atoms with Crippen molar-refractivity contribution in [1.29, 1.82) is 0 Å². The van der Waals surface area contributed by atoms with Gasteiger partial charge >= 0.3 is 5.97 Å². The minimum absolute atomic E-state index is 0.0716. The number of ketones is 1. The maximum atomic E-state index is 11.3. The molecule has 0 unspecified atom stereocenters. The Morgan fingerprint density at radius 1 is 1.21 bits per heavy atom. The predicted molar refractivity (Wildman–Crippen MR) is 55.2 cm³/mol. The molecule has 0 amide bonds. The number of carbonyl (C=O) groups is 2. The van der Waals surface area contributed by atoms with Gasteiger partial charge in [0, 0.05) is 12.0 Å². The van der Waals surface area contributed by atoms with Gasteiger partial charge < -0.3 is 5.11 Å². The van der Waals surface area contributed by atoms with E-state index in [4.69, 9.17) is 5.11 Å². The smallest absolute Gasteiger partial charge is 0.331 e. The molecule has 0 aromatic rings. The quantitative estimate of drug-likeness (QED) is 0.505. The van der Waals surface area contributed by atoms with Gasteiger partial charge in [-0.05, 0) is 18.9 Å². The number of aliphatic carboxylic acids is 1. The van der Waals surface area contributed by atoms with Crippen molar-refractivity contribution in [3.8, 4) is 0 Å². The first-order valence-corrected chi connectivity index (χ1v) is 5.08. The lowest BCUT2D eigenvalue weighted by molar-refractivity contribution is -0.133. The summed E-state index contributed by atoms with van der Waals surface area (Å²) in [4.78, 5) is 21.8. The Bertz CT molecular complexity index is 229. The highest BCUT2D eigenvalue weighted by molar-refractivity contribution is 5.98. The molecule has 0 aromatic heterocycles. The van der Waals surface area contributed by atoms with Crippen molar-refractivity contribution in [1.82, 2.24) is 0 Å². The zero-order valence-electron chi connectivity index (χ0n) is 8.88. The monoisotopic (exact) mass is 198 g/mol. The molecular formula is C11H18O3. The van der Waals surface area contributed by atoms with E-state index < -0.39 is 5.97 Å². The van der Waals surface area contributed by atoms with Gasteiger partial charge in [0.05, 0.1) is 0 Å². The van der Waals surface area contributed by atoms with Crippen molar-refractivity contribution in [2.75, 3.05) is 0 Å². The van der Waals surface area contributed by atoms with E-state index in [0.717, 1.165) is 19.3 Å². The first-order chi connectivity index (χ1) is 6.61. The van der Waals surface area contributed by atoms with Gasteiger partial charge in [-0.2, -0.15) is 0 Å². The van der Waals surface area contributed by atoms with E-state index in [2.05, 4.69) is 6.92 Å². The molecule has 80 valence electrons. The number of carboxylic acids is 1. The lowest BCUT2D eigenvalue weighted by Crippen LogP contribution is -2.03. The van der Waals surface area contributed by atoms with Gasteiger partial charge in [-0.1, -0.05) is 26.7 Å². The second-order valence-electron chi connectivity index (χ2n) is 3.25. The van der Waals surface area contributed by atoms with Crippen LogP contribution in [-0.2, 0) is 9.59 Å². The number of hydrogen-bond donors (Lipinski definition) is 1. The summed E-state index contributed by atoms with van der Waals surface area (Å²) in [7, 11) is 0. The SMILES string of the molecule is CCCCCC(=O)C=C(CC)C(=O)O. The summed E-state index contributed by atoms with van der Waals surface area (Å²) in [6.45, 7) is 3.80. The molecule has 0 aromatic carbocycles. The van der Waals surface area contributed by atoms with E-state index in [-0.39, 0.29) is 11.4 Å². The summed E-state index contributed by atoms with van der Waals surface area (Å²) < 4.78 is 0. The molecule has 1 N–H and O–H groups in total. The number of hydrogen-bond acceptors (Lipinski definition) is 2. The normalized spacial score (nSPS) is 11.4. The summed E-state index contributed by atoms with van der Waals surface area (Å²) >= 11 is 0. The number of allylic oxidation sites excluding steroid dienone is 1. The second-order valence-corrected chi connectivity index (χ2v) is 3.25. The van der Waals surface area contributed by atoms with E-state index >= 15 is 0 Å². The Labute approximate surface area is 84.8 Å². The first kappa shape index (κ1) is 12.9. The highest BCUT2D eigenvalue weighted by atomic mass is 16.4. The fourth-order valence-corrected chi connectivity index (χ4v) is 1.13. The van der Waals surface area contributed by atoms with Crippen molar-refractivity contribution in [3.05, 3.63) is 11.6 Å². The summed E-state index contributed by atoms with van der Waals surface area (Å²) in [5.41, 5.74) is 0.200. The van der Waals surface area contributed by atoms with Crippen LogP contribution in [0.4, 0.5) is 0 Å². The molecule has 3 nitrogen and oxygen atoms in total. The topological polar surface area (TPSA) is 54.4 Å². The summed E-state index contributed by atoms with van der Waals surface area (Å²) in [5.74, 6) is -1.06. The summed E-state index contributed by atoms with van der Waals surface area (Å²) in [5, 5.41) is 8.67. The highest BCUT2D eigenvalue weighted by Gasteiger charge is 2.06. The molecule has 0 aliphatic heterocycles. The number of carbonyl (C=O) groups excluding carboxylic acids is 1. The molecule has 0 bridgehead atoms. The number of unbranched alkanes of at least 4 members (excludes halogenated alkanes) is 2. The maximum absolute atomic E-state index is 11.3. The molecular weight excluding hydrogens is 180 g/mol. The van der Waals surface area contributed by atoms with Crippen LogP contribution >= 0.6 is 0 Å². The molecule has 0 radical (unpaired) electrons. The third kappa shape index (κ3) is 5.51. The van der Waals surface area contributed by atoms with Crippen LogP contribution in [0.1, 0.15) is 46.0 Å². The second kappa shape index (κ2) is 7.30. The standard InChI is InChI=1S/C11H18O3/c1-3-5-6-7-10(12)8-9(4-2)11(13)14/h8H,3-7H2,1-2H3,(H,13,14). The minimum atomic E-state index is -0.989. The first-order valence-electron chi connectivity index (χ1n) is 5.08. The molecule has 14 heavy (non-hydrogen) atoms. The Kier molecular flexibility index (Phi) is 6.72. The fourth-order valence-electron chi connectivity index (χ4n) is 1.13. The van der Waals surface area contributed by atoms with Crippen LogP contribution in [0.2, 0.25) is 0 Å². The van der Waals surface area contributed by atoms with Crippen LogP contribution in [0, 0.1) is 0 Å². The van der Waals surface area contributed by atoms with Gasteiger partial charge in [0.25, 0.3) is 0 Å². The molecule has 0 rings (SSSR count). The molecule has 0 fully saturated rings. The minimum Gasteiger partial charge on any atom is -0.478 e. The van der Waals surface area contributed by atoms with Crippen LogP contribution < -0.4 is 0 Å². The van der Waals surface area contributed by atoms with Crippen molar-refractivity contribution >= 4 is 11.8 Å². The molecule has 0 aliphatic carbocycles. The van der Waals surface area contributed by atoms with Crippen LogP contribution in [-0.4, -0.2) is 16.9 Å². The molecule has 0 saturated carbocycles. The van der Waals surface area contributed by atoms with E-state index in [1.54, 1.807) is 6.92 Å². The molecule has 3 heteroatoms. The third-order valence-corrected chi connectivity index (χ3v) is 2.02. The fraction of sp³-hybridized carbons (Fsp3) is 0.636. The Hall–Kier alpha value is -1.12. The molecule has 0 aliphatic rings. The largest absolute Gasteiger partial charge is 0.478 e. The van der Waals surface area contributed by atoms with Crippen LogP contribution in [0.15, 0.2) is 11.6 Å². The summed E-state index contributed by atoms with van der Waals surface area (Å²) in [6.07, 6.45) is 5.06. The number of rotatable bonds is 7. The Morgan fingerprint density at radius 3 is 2.29 bits per heavy atom. The van der Waals surface area contributed by atoms with Gasteiger partial charge in [0.15, 0.2) is 5.78 Å². The lowest BCUT2D eigenvalue weighted by Gasteiger charge is -1.98. The molecule has 0 spiro atoms. The van der Waals surface area contributed by atoms with Crippen molar-refractivity contribution in [2.24, 2.45) is 0 Å². The van der Waals surface area contributed by atoms with Gasteiger partial charge in [-0.25, -0.2) is 4.79 Å². The molecule has 0 heterocycles. The third-order valence-electron chi connectivity index (χ3n) is 2.02. The van der Waals surface area contributed by atoms with Crippen LogP contribution in [0.5, 0.6) is 0 Å². The van der Waals surface area contributed by atoms with E-state index in [1.807, 2.05) is 0 Å². The molecule has 0 saturated heterocycles. The summed E-state index contributed by atoms with van der Waals surface area (Å²) in [6, 6.07) is 0. The van der Waals surface area contributed by atoms with Crippen molar-refractivity contribution < 1.29 is 14.7 Å². The maximum Gasteiger partial charge on any atom is 0.331 e. The van der Waals surface area contributed by atoms with Crippen LogP contribution in [0.25, 0.3) is 0 Å². The zero-order chi connectivity index (χ0) is 11.0. The van der Waals surface area contributed by atoms with E-state index in [9.17, 15) is 9.59 Å². The Morgan fingerprint density at radius 2 is 1.86 bits per heavy atom.